The molecule has 0 aromatic heterocycles. The number of nitrogens with zero attached hydrogens (tertiary/aromatic N) is 1. The van der Waals surface area contributed by atoms with E-state index < -0.39 is 53.7 Å². The predicted molar refractivity (Wildman–Crippen MR) is 77.0 cm³/mol. The van der Waals surface area contributed by atoms with Gasteiger partial charge in [-0.3, -0.25) is 19.2 Å². The lowest BCUT2D eigenvalue weighted by Crippen LogP contribution is -2.51. The molecule has 1 aliphatic rings. The zero-order valence-electron chi connectivity index (χ0n) is 14.1. The monoisotopic (exact) mass is 355 g/mol. The van der Waals surface area contributed by atoms with E-state index >= 15 is 0 Å². The molecule has 10 nitrogen and oxygen atoms in total. The van der Waals surface area contributed by atoms with Crippen molar-refractivity contribution < 1.29 is 42.9 Å². The average Bonchev–Trinajstić information content (AvgIpc) is 2.48. The molecule has 0 amide bonds. The zero-order chi connectivity index (χ0) is 19.1. The third-order valence-electron chi connectivity index (χ3n) is 2.82. The Kier molecular flexibility index (Phi) is 6.93. The lowest BCUT2D eigenvalue weighted by atomic mass is 10.0. The first-order valence-corrected chi connectivity index (χ1v) is 7.12. The lowest BCUT2D eigenvalue weighted by Gasteiger charge is -2.36. The van der Waals surface area contributed by atoms with Crippen LogP contribution in [0.15, 0.2) is 11.5 Å². The van der Waals surface area contributed by atoms with Gasteiger partial charge in [-0.15, -0.1) is 0 Å². The fourth-order valence-electron chi connectivity index (χ4n) is 2.05. The molecule has 136 valence electrons. The van der Waals surface area contributed by atoms with Crippen LogP contribution in [0, 0.1) is 11.3 Å². The topological polar surface area (TPSA) is 138 Å². The number of carbonyl (C=O) groups excluding carboxylic acids is 4. The van der Waals surface area contributed by atoms with Crippen molar-refractivity contribution in [3.8, 4) is 6.07 Å². The molecular weight excluding hydrogens is 338 g/mol. The second-order valence-corrected chi connectivity index (χ2v) is 4.96. The summed E-state index contributed by atoms with van der Waals surface area (Å²) in [6.07, 6.45) is -3.87. The molecule has 0 spiro atoms. The van der Waals surface area contributed by atoms with Gasteiger partial charge in [0.2, 0.25) is 17.6 Å². The maximum Gasteiger partial charge on any atom is 0.308 e. The van der Waals surface area contributed by atoms with E-state index in [4.69, 9.17) is 23.7 Å². The number of nitriles is 1. The summed E-state index contributed by atoms with van der Waals surface area (Å²) in [4.78, 5) is 45.1. The second kappa shape index (κ2) is 8.68. The fraction of sp³-hybridized carbons (Fsp3) is 0.533. The Morgan fingerprint density at radius 3 is 2.04 bits per heavy atom. The highest BCUT2D eigenvalue weighted by atomic mass is 16.6. The average molecular weight is 355 g/mol. The van der Waals surface area contributed by atoms with E-state index in [0.717, 1.165) is 27.7 Å². The van der Waals surface area contributed by atoms with Crippen molar-refractivity contribution >= 4 is 23.9 Å². The van der Waals surface area contributed by atoms with Crippen LogP contribution in [0.5, 0.6) is 0 Å². The van der Waals surface area contributed by atoms with Gasteiger partial charge in [-0.25, -0.2) is 0 Å². The Hall–Kier alpha value is -3.09. The quantitative estimate of drug-likeness (QED) is 0.493. The Morgan fingerprint density at radius 1 is 1.00 bits per heavy atom. The number of carbonyl (C=O) groups is 4. The molecule has 25 heavy (non-hydrogen) atoms. The predicted octanol–water partition coefficient (Wildman–Crippen LogP) is 0.110. The summed E-state index contributed by atoms with van der Waals surface area (Å²) in [5.41, 5.74) is 0. The molecule has 0 unspecified atom stereocenters. The molecule has 0 bridgehead atoms. The summed E-state index contributed by atoms with van der Waals surface area (Å²) in [5, 5.41) is 9.21. The molecule has 0 aliphatic carbocycles. The van der Waals surface area contributed by atoms with Gasteiger partial charge in [0.1, 0.15) is 12.7 Å². The molecular formula is C15H17NO9. The minimum absolute atomic E-state index is 0.385. The van der Waals surface area contributed by atoms with Crippen LogP contribution in [-0.4, -0.2) is 48.8 Å². The summed E-state index contributed by atoms with van der Waals surface area (Å²) in [7, 11) is 0. The van der Waals surface area contributed by atoms with Crippen molar-refractivity contribution in [1.82, 2.24) is 0 Å². The van der Waals surface area contributed by atoms with Crippen LogP contribution in [0.4, 0.5) is 0 Å². The standard InChI is InChI=1S/C15H17NO9/c1-7(17)21-6-12-14(23-9(3)19)15(24-10(4)20)13(22-8(2)18)11(5-16)25-12/h12,14-15H,6H2,1-4H3/t12-,14-,15-/m1/s1. The number of ether oxygens (including phenoxy) is 5. The minimum atomic E-state index is -1.42. The van der Waals surface area contributed by atoms with Gasteiger partial charge in [0.25, 0.3) is 0 Å². The minimum Gasteiger partial charge on any atom is -0.470 e. The van der Waals surface area contributed by atoms with E-state index in [9.17, 15) is 24.4 Å². The van der Waals surface area contributed by atoms with E-state index in [1.165, 1.54) is 0 Å². The summed E-state index contributed by atoms with van der Waals surface area (Å²) in [5.74, 6) is -3.83. The zero-order valence-corrected chi connectivity index (χ0v) is 14.1. The molecule has 10 heteroatoms. The molecule has 0 N–H and O–H groups in total. The second-order valence-electron chi connectivity index (χ2n) is 4.96. The van der Waals surface area contributed by atoms with Gasteiger partial charge in [0.05, 0.1) is 0 Å². The number of hydrogen-bond donors (Lipinski definition) is 0. The smallest absolute Gasteiger partial charge is 0.308 e. The van der Waals surface area contributed by atoms with Gasteiger partial charge in [0, 0.05) is 27.7 Å². The molecule has 1 heterocycles. The van der Waals surface area contributed by atoms with E-state index in [1.54, 1.807) is 6.07 Å². The van der Waals surface area contributed by atoms with E-state index in [1.807, 2.05) is 0 Å². The first-order chi connectivity index (χ1) is 11.6. The largest absolute Gasteiger partial charge is 0.470 e. The van der Waals surface area contributed by atoms with Crippen LogP contribution in [-0.2, 0) is 42.9 Å². The first kappa shape index (κ1) is 20.0. The summed E-state index contributed by atoms with van der Waals surface area (Å²) in [6, 6.07) is 1.66. The van der Waals surface area contributed by atoms with Crippen molar-refractivity contribution in [3.05, 3.63) is 11.5 Å². The van der Waals surface area contributed by atoms with Gasteiger partial charge in [-0.05, 0) is 0 Å². The molecule has 1 aliphatic heterocycles. The van der Waals surface area contributed by atoms with Gasteiger partial charge in [-0.1, -0.05) is 0 Å². The van der Waals surface area contributed by atoms with Gasteiger partial charge in [0.15, 0.2) is 12.2 Å². The van der Waals surface area contributed by atoms with Crippen LogP contribution in [0.1, 0.15) is 27.7 Å². The van der Waals surface area contributed by atoms with Gasteiger partial charge in [-0.2, -0.15) is 5.26 Å². The highest BCUT2D eigenvalue weighted by Crippen LogP contribution is 2.30. The van der Waals surface area contributed by atoms with Crippen molar-refractivity contribution in [2.24, 2.45) is 0 Å². The Bertz CT molecular complexity index is 646. The van der Waals surface area contributed by atoms with E-state index in [-0.39, 0.29) is 6.61 Å². The number of esters is 4. The van der Waals surface area contributed by atoms with Crippen molar-refractivity contribution in [2.45, 2.75) is 46.0 Å². The van der Waals surface area contributed by atoms with Crippen LogP contribution in [0.25, 0.3) is 0 Å². The van der Waals surface area contributed by atoms with Crippen LogP contribution >= 0.6 is 0 Å². The molecule has 0 saturated carbocycles. The summed E-state index contributed by atoms with van der Waals surface area (Å²) in [6.45, 7) is 4.02. The number of allylic oxidation sites excluding steroid dienone is 1. The Labute approximate surface area is 143 Å². The molecule has 0 saturated heterocycles. The highest BCUT2D eigenvalue weighted by molar-refractivity contribution is 5.70. The van der Waals surface area contributed by atoms with Gasteiger partial charge < -0.3 is 23.7 Å². The van der Waals surface area contributed by atoms with Crippen molar-refractivity contribution in [1.29, 1.82) is 5.26 Å². The van der Waals surface area contributed by atoms with Gasteiger partial charge >= 0.3 is 23.9 Å². The SMILES string of the molecule is CC(=O)OC[C@H]1OC(C#N)=C(OC(C)=O)[C@@H](OC(C)=O)[C@@H]1OC(C)=O. The maximum absolute atomic E-state index is 11.4. The normalized spacial score (nSPS) is 22.1. The lowest BCUT2D eigenvalue weighted by molar-refractivity contribution is -0.188. The third kappa shape index (κ3) is 5.80. The van der Waals surface area contributed by atoms with E-state index in [0.29, 0.717) is 0 Å². The summed E-state index contributed by atoms with van der Waals surface area (Å²) < 4.78 is 25.2. The van der Waals surface area contributed by atoms with E-state index in [2.05, 4.69) is 0 Å². The van der Waals surface area contributed by atoms with Crippen LogP contribution in [0.2, 0.25) is 0 Å². The van der Waals surface area contributed by atoms with Crippen LogP contribution < -0.4 is 0 Å². The number of hydrogen-bond acceptors (Lipinski definition) is 10. The molecule has 0 aromatic rings. The molecule has 0 radical (unpaired) electrons. The Balaban J connectivity index is 3.33. The molecule has 0 fully saturated rings. The van der Waals surface area contributed by atoms with Crippen molar-refractivity contribution in [3.63, 3.8) is 0 Å². The van der Waals surface area contributed by atoms with Crippen molar-refractivity contribution in [2.75, 3.05) is 6.61 Å². The highest BCUT2D eigenvalue weighted by Gasteiger charge is 2.47. The number of rotatable bonds is 5. The Morgan fingerprint density at radius 2 is 1.60 bits per heavy atom. The first-order valence-electron chi connectivity index (χ1n) is 7.12. The summed E-state index contributed by atoms with van der Waals surface area (Å²) >= 11 is 0. The fourth-order valence-corrected chi connectivity index (χ4v) is 2.05. The molecule has 0 aromatic carbocycles. The molecule has 1 rings (SSSR count). The third-order valence-corrected chi connectivity index (χ3v) is 2.82. The molecule has 3 atom stereocenters. The van der Waals surface area contributed by atoms with Crippen LogP contribution in [0.3, 0.4) is 0 Å². The maximum atomic E-state index is 11.4.